The predicted octanol–water partition coefficient (Wildman–Crippen LogP) is 4.19. The van der Waals surface area contributed by atoms with Crippen molar-refractivity contribution in [2.75, 3.05) is 25.5 Å². The molecule has 0 aromatic heterocycles. The molecule has 154 valence electrons. The Morgan fingerprint density at radius 1 is 1.07 bits per heavy atom. The molecule has 0 atom stereocenters. The van der Waals surface area contributed by atoms with E-state index in [0.717, 1.165) is 11.1 Å². The Bertz CT molecular complexity index is 968. The van der Waals surface area contributed by atoms with Gasteiger partial charge in [-0.25, -0.2) is 13.2 Å². The van der Waals surface area contributed by atoms with Crippen molar-refractivity contribution in [1.29, 1.82) is 0 Å². The summed E-state index contributed by atoms with van der Waals surface area (Å²) in [5, 5.41) is 0.606. The van der Waals surface area contributed by atoms with Gasteiger partial charge in [0.25, 0.3) is 0 Å². The molecule has 0 aliphatic heterocycles. The van der Waals surface area contributed by atoms with Gasteiger partial charge in [-0.2, -0.15) is 4.31 Å². The van der Waals surface area contributed by atoms with Crippen molar-refractivity contribution in [3.63, 3.8) is 0 Å². The monoisotopic (exact) mass is 477 g/mol. The van der Waals surface area contributed by atoms with Gasteiger partial charge in [-0.1, -0.05) is 76.1 Å². The Morgan fingerprint density at radius 2 is 1.72 bits per heavy atom. The molecule has 29 heavy (non-hydrogen) atoms. The number of allylic oxidation sites excluding steroid dienone is 1. The van der Waals surface area contributed by atoms with E-state index in [4.69, 9.17) is 4.74 Å². The van der Waals surface area contributed by atoms with Crippen LogP contribution in [0.1, 0.15) is 11.1 Å². The highest BCUT2D eigenvalue weighted by Crippen LogP contribution is 2.19. The molecule has 0 amide bonds. The molecule has 0 N–H and O–H groups in total. The maximum absolute atomic E-state index is 13.2. The first kappa shape index (κ1) is 23.1. The molecule has 0 unspecified atom stereocenters. The van der Waals surface area contributed by atoms with E-state index in [2.05, 4.69) is 15.9 Å². The lowest BCUT2D eigenvalue weighted by atomic mass is 10.1. The Labute approximate surface area is 180 Å². The van der Waals surface area contributed by atoms with Crippen LogP contribution in [0.5, 0.6) is 0 Å². The topological polar surface area (TPSA) is 63.7 Å². The van der Waals surface area contributed by atoms with Crippen LogP contribution in [0.2, 0.25) is 0 Å². The van der Waals surface area contributed by atoms with E-state index in [-0.39, 0.29) is 23.6 Å². The van der Waals surface area contributed by atoms with Gasteiger partial charge in [0.2, 0.25) is 10.0 Å². The Kier molecular flexibility index (Phi) is 8.82. The van der Waals surface area contributed by atoms with Crippen molar-refractivity contribution in [1.82, 2.24) is 4.31 Å². The van der Waals surface area contributed by atoms with Crippen LogP contribution in [0.3, 0.4) is 0 Å². The number of nitrogens with zero attached hydrogens (tertiary/aromatic N) is 1. The van der Waals surface area contributed by atoms with Crippen LogP contribution in [-0.4, -0.2) is 44.2 Å². The molecule has 5 nitrogen and oxygen atoms in total. The fourth-order valence-corrected chi connectivity index (χ4v) is 4.24. The second kappa shape index (κ2) is 11.1. The third kappa shape index (κ3) is 6.66. The number of carbonyl (C=O) groups is 1. The molecule has 0 heterocycles. The maximum atomic E-state index is 13.2. The van der Waals surface area contributed by atoms with Gasteiger partial charge in [-0.15, -0.1) is 0 Å². The Morgan fingerprint density at radius 3 is 2.31 bits per heavy atom. The summed E-state index contributed by atoms with van der Waals surface area (Å²) in [7, 11) is -2.53. The van der Waals surface area contributed by atoms with Crippen molar-refractivity contribution >= 4 is 38.0 Å². The highest BCUT2D eigenvalue weighted by Gasteiger charge is 2.26. The highest BCUT2D eigenvalue weighted by atomic mass is 79.9. The number of aryl methyl sites for hydroxylation is 1. The molecule has 2 rings (SSSR count). The normalized spacial score (nSPS) is 12.5. The lowest BCUT2D eigenvalue weighted by molar-refractivity contribution is -0.136. The summed E-state index contributed by atoms with van der Waals surface area (Å²) in [4.78, 5) is 12.5. The molecule has 2 aromatic rings. The maximum Gasteiger partial charge on any atom is 0.335 e. The van der Waals surface area contributed by atoms with Crippen LogP contribution in [0.4, 0.5) is 0 Å². The number of hydrogen-bond donors (Lipinski definition) is 0. The SMILES string of the molecule is COC(=O)/C(=C/c1ccccc1)CN(C/C=C/CBr)S(=O)(=O)c1ccc(C)cc1. The molecule has 0 aliphatic rings. The molecular formula is C22H24BrNO4S. The number of hydrogen-bond acceptors (Lipinski definition) is 4. The standard InChI is InChI=1S/C22H24BrNO4S/c1-18-10-12-21(13-11-18)29(26,27)24(15-7-6-14-23)17-20(22(25)28-2)16-19-8-4-3-5-9-19/h3-13,16H,14-15,17H2,1-2H3/b7-6+,20-16+. The summed E-state index contributed by atoms with van der Waals surface area (Å²) in [6.07, 6.45) is 5.21. The summed E-state index contributed by atoms with van der Waals surface area (Å²) >= 11 is 3.29. The molecule has 0 saturated heterocycles. The smallest absolute Gasteiger partial charge is 0.335 e. The largest absolute Gasteiger partial charge is 0.466 e. The first-order valence-corrected chi connectivity index (χ1v) is 11.6. The lowest BCUT2D eigenvalue weighted by Crippen LogP contribution is -2.34. The quantitative estimate of drug-likeness (QED) is 0.235. The van der Waals surface area contributed by atoms with Gasteiger partial charge in [0.1, 0.15) is 0 Å². The third-order valence-corrected chi connectivity index (χ3v) is 6.36. The summed E-state index contributed by atoms with van der Waals surface area (Å²) in [6.45, 7) is 1.92. The number of benzene rings is 2. The minimum absolute atomic E-state index is 0.107. The molecule has 0 saturated carbocycles. The summed E-state index contributed by atoms with van der Waals surface area (Å²) in [6, 6.07) is 15.9. The number of rotatable bonds is 9. The lowest BCUT2D eigenvalue weighted by Gasteiger charge is -2.22. The molecule has 0 radical (unpaired) electrons. The van der Waals surface area contributed by atoms with E-state index < -0.39 is 16.0 Å². The Balaban J connectivity index is 2.44. The predicted molar refractivity (Wildman–Crippen MR) is 119 cm³/mol. The van der Waals surface area contributed by atoms with Gasteiger partial charge < -0.3 is 4.74 Å². The van der Waals surface area contributed by atoms with E-state index in [0.29, 0.717) is 5.33 Å². The number of alkyl halides is 1. The van der Waals surface area contributed by atoms with Gasteiger partial charge in [-0.3, -0.25) is 0 Å². The van der Waals surface area contributed by atoms with Crippen LogP contribution < -0.4 is 0 Å². The molecular weight excluding hydrogens is 454 g/mol. The van der Waals surface area contributed by atoms with Crippen LogP contribution in [0.15, 0.2) is 77.2 Å². The van der Waals surface area contributed by atoms with Crippen LogP contribution in [0.25, 0.3) is 6.08 Å². The van der Waals surface area contributed by atoms with E-state index in [1.54, 1.807) is 36.4 Å². The molecule has 0 spiro atoms. The van der Waals surface area contributed by atoms with Crippen molar-refractivity contribution < 1.29 is 17.9 Å². The zero-order valence-electron chi connectivity index (χ0n) is 16.4. The Hall–Kier alpha value is -2.22. The average molecular weight is 478 g/mol. The second-order valence-electron chi connectivity index (χ2n) is 6.31. The number of halogens is 1. The fraction of sp³-hybridized carbons (Fsp3) is 0.227. The van der Waals surface area contributed by atoms with Crippen molar-refractivity contribution in [2.24, 2.45) is 0 Å². The van der Waals surface area contributed by atoms with Gasteiger partial charge >= 0.3 is 5.97 Å². The van der Waals surface area contributed by atoms with Gasteiger partial charge in [0, 0.05) is 18.4 Å². The fourth-order valence-electron chi connectivity index (χ4n) is 2.60. The van der Waals surface area contributed by atoms with E-state index in [9.17, 15) is 13.2 Å². The number of esters is 1. The van der Waals surface area contributed by atoms with Gasteiger partial charge in [0.05, 0.1) is 17.6 Å². The minimum atomic E-state index is -3.81. The first-order valence-electron chi connectivity index (χ1n) is 9.00. The third-order valence-electron chi connectivity index (χ3n) is 4.16. The zero-order chi connectivity index (χ0) is 21.3. The van der Waals surface area contributed by atoms with E-state index in [1.165, 1.54) is 11.4 Å². The van der Waals surface area contributed by atoms with E-state index >= 15 is 0 Å². The number of sulfonamides is 1. The van der Waals surface area contributed by atoms with Crippen LogP contribution in [0, 0.1) is 6.92 Å². The molecule has 7 heteroatoms. The molecule has 0 aliphatic carbocycles. The highest BCUT2D eigenvalue weighted by molar-refractivity contribution is 9.09. The summed E-state index contributed by atoms with van der Waals surface area (Å²) in [5.74, 6) is -0.567. The zero-order valence-corrected chi connectivity index (χ0v) is 18.8. The molecule has 0 fully saturated rings. The van der Waals surface area contributed by atoms with Gasteiger partial charge in [0.15, 0.2) is 0 Å². The van der Waals surface area contributed by atoms with Crippen molar-refractivity contribution in [3.05, 3.63) is 83.4 Å². The summed E-state index contributed by atoms with van der Waals surface area (Å²) in [5.41, 5.74) is 2.01. The molecule has 2 aromatic carbocycles. The second-order valence-corrected chi connectivity index (χ2v) is 8.89. The number of ether oxygens (including phenoxy) is 1. The number of methoxy groups -OCH3 is 1. The molecule has 0 bridgehead atoms. The average Bonchev–Trinajstić information content (AvgIpc) is 2.72. The van der Waals surface area contributed by atoms with Gasteiger partial charge in [-0.05, 0) is 30.7 Å². The van der Waals surface area contributed by atoms with Crippen molar-refractivity contribution in [3.8, 4) is 0 Å². The minimum Gasteiger partial charge on any atom is -0.466 e. The van der Waals surface area contributed by atoms with Crippen LogP contribution >= 0.6 is 15.9 Å². The number of carbonyl (C=O) groups excluding carboxylic acids is 1. The van der Waals surface area contributed by atoms with E-state index in [1.807, 2.05) is 43.3 Å². The van der Waals surface area contributed by atoms with Crippen LogP contribution in [-0.2, 0) is 19.6 Å². The first-order chi connectivity index (χ1) is 13.9. The van der Waals surface area contributed by atoms with Crippen molar-refractivity contribution in [2.45, 2.75) is 11.8 Å². The summed E-state index contributed by atoms with van der Waals surface area (Å²) < 4.78 is 32.6.